The van der Waals surface area contributed by atoms with Gasteiger partial charge in [0, 0.05) is 66.4 Å². The summed E-state index contributed by atoms with van der Waals surface area (Å²) in [5, 5.41) is 1.23. The first-order valence-electron chi connectivity index (χ1n) is 27.5. The van der Waals surface area contributed by atoms with Crippen molar-refractivity contribution in [1.82, 2.24) is 49.4 Å². The highest BCUT2D eigenvalue weighted by molar-refractivity contribution is 6.12. The molecule has 0 aliphatic carbocycles. The molecule has 87 heavy (non-hydrogen) atoms. The summed E-state index contributed by atoms with van der Waals surface area (Å²) in [6.45, 7) is 0. The zero-order valence-corrected chi connectivity index (χ0v) is 45.5. The van der Waals surface area contributed by atoms with Crippen molar-refractivity contribution in [3.8, 4) is 119 Å². The summed E-state index contributed by atoms with van der Waals surface area (Å²) >= 11 is 0. The molecule has 0 unspecified atom stereocenters. The van der Waals surface area contributed by atoms with Crippen molar-refractivity contribution in [1.29, 1.82) is 0 Å². The summed E-state index contributed by atoms with van der Waals surface area (Å²) < 4.78 is 91.2. The van der Waals surface area contributed by atoms with Crippen LogP contribution in [0.25, 0.3) is 141 Å². The van der Waals surface area contributed by atoms with Crippen LogP contribution in [-0.2, 0) is 12.4 Å². The van der Waals surface area contributed by atoms with Crippen LogP contribution < -0.4 is 0 Å². The Bertz CT molecular complexity index is 4490. The van der Waals surface area contributed by atoms with Gasteiger partial charge in [-0.2, -0.15) is 26.3 Å². The van der Waals surface area contributed by atoms with E-state index in [4.69, 9.17) is 44.9 Å². The molecule has 10 nitrogen and oxygen atoms in total. The molecule has 0 saturated heterocycles. The van der Waals surface area contributed by atoms with Crippen LogP contribution >= 0.6 is 0 Å². The number of benzene rings is 10. The topological polar surface area (TPSA) is 121 Å². The fourth-order valence-electron chi connectivity index (χ4n) is 10.6. The molecule has 0 atom stereocenters. The van der Waals surface area contributed by atoms with E-state index in [1.165, 1.54) is 6.07 Å². The van der Waals surface area contributed by atoms with Crippen LogP contribution in [0.2, 0.25) is 0 Å². The normalized spacial score (nSPS) is 11.8. The summed E-state index contributed by atoms with van der Waals surface area (Å²) in [5.41, 5.74) is 3.92. The number of nitrogens with zero attached hydrogens (tertiary/aromatic N) is 10. The van der Waals surface area contributed by atoms with Gasteiger partial charge in [-0.05, 0) is 66.2 Å². The number of aromatic nitrogens is 10. The predicted octanol–water partition coefficient (Wildman–Crippen LogP) is 18.0. The third kappa shape index (κ3) is 10.7. The van der Waals surface area contributed by atoms with Gasteiger partial charge < -0.3 is 4.57 Å². The molecular weight excluding hydrogens is 1110 g/mol. The van der Waals surface area contributed by atoms with Crippen LogP contribution in [-0.4, -0.2) is 49.4 Å². The number of fused-ring (bicyclic) bond motifs is 3. The minimum absolute atomic E-state index is 0.0397. The molecule has 4 heterocycles. The van der Waals surface area contributed by atoms with Gasteiger partial charge in [0.05, 0.1) is 27.8 Å². The Kier molecular flexibility index (Phi) is 13.5. The standard InChI is InChI=1S/C71H42F6N10/c72-70(73,74)53-37-52(38-54(42-53)71(75,76)77)55-34-31-51(69-85-65(47-27-15-5-16-28-47)80-66(86-69)48-29-17-6-18-30-48)41-60(55)87-58-35-32-49(67-81-61(43-19-7-1-8-20-43)78-62(82-67)44-21-9-2-10-22-44)39-56(58)57-40-50(33-36-59(57)87)68-83-63(45-23-11-3-12-24-45)79-64(84-68)46-25-13-4-14-26-46/h1-42H. The molecular formula is C71H42F6N10. The lowest BCUT2D eigenvalue weighted by Gasteiger charge is -2.19. The van der Waals surface area contributed by atoms with Crippen LogP contribution in [0.4, 0.5) is 26.3 Å². The van der Waals surface area contributed by atoms with Crippen molar-refractivity contribution in [2.45, 2.75) is 12.4 Å². The molecule has 0 amide bonds. The van der Waals surface area contributed by atoms with E-state index in [-0.39, 0.29) is 28.7 Å². The van der Waals surface area contributed by atoms with Crippen molar-refractivity contribution < 1.29 is 26.3 Å². The number of hydrogen-bond donors (Lipinski definition) is 0. The smallest absolute Gasteiger partial charge is 0.309 e. The number of halogens is 6. The van der Waals surface area contributed by atoms with Crippen molar-refractivity contribution >= 4 is 21.8 Å². The fraction of sp³-hybridized carbons (Fsp3) is 0.0282. The van der Waals surface area contributed by atoms with Gasteiger partial charge in [0.2, 0.25) is 0 Å². The van der Waals surface area contributed by atoms with Gasteiger partial charge >= 0.3 is 12.4 Å². The Hall–Kier alpha value is -11.4. The van der Waals surface area contributed by atoms with Gasteiger partial charge in [-0.3, -0.25) is 0 Å². The van der Waals surface area contributed by atoms with E-state index in [1.807, 2.05) is 223 Å². The van der Waals surface area contributed by atoms with Crippen LogP contribution in [0.5, 0.6) is 0 Å². The highest BCUT2D eigenvalue weighted by Crippen LogP contribution is 2.44. The molecule has 4 aromatic heterocycles. The van der Waals surface area contributed by atoms with Crippen LogP contribution in [0.3, 0.4) is 0 Å². The summed E-state index contributed by atoms with van der Waals surface area (Å²) in [6.07, 6.45) is -10.3. The molecule has 14 rings (SSSR count). The minimum atomic E-state index is -5.14. The van der Waals surface area contributed by atoms with Crippen molar-refractivity contribution in [2.24, 2.45) is 0 Å². The van der Waals surface area contributed by atoms with E-state index in [0.717, 1.165) is 34.4 Å². The second-order valence-corrected chi connectivity index (χ2v) is 20.4. The Morgan fingerprint density at radius 3 is 0.759 bits per heavy atom. The zero-order chi connectivity index (χ0) is 59.2. The predicted molar refractivity (Wildman–Crippen MR) is 325 cm³/mol. The highest BCUT2D eigenvalue weighted by Gasteiger charge is 2.37. The number of hydrogen-bond acceptors (Lipinski definition) is 9. The van der Waals surface area contributed by atoms with Crippen LogP contribution in [0, 0.1) is 0 Å². The zero-order valence-electron chi connectivity index (χ0n) is 45.5. The van der Waals surface area contributed by atoms with Gasteiger partial charge in [-0.25, -0.2) is 44.9 Å². The SMILES string of the molecule is FC(F)(F)c1cc(-c2ccc(-c3nc(-c4ccccc4)nc(-c4ccccc4)n3)cc2-n2c3ccc(-c4nc(-c5ccccc5)nc(-c5ccccc5)n4)cc3c3cc(-c4nc(-c5ccccc5)nc(-c5ccccc5)n4)ccc32)cc(C(F)(F)F)c1. The second kappa shape index (κ2) is 22.0. The maximum atomic E-state index is 14.9. The molecule has 0 spiro atoms. The second-order valence-electron chi connectivity index (χ2n) is 20.4. The van der Waals surface area contributed by atoms with E-state index in [9.17, 15) is 26.3 Å². The number of alkyl halides is 6. The molecule has 14 aromatic rings. The lowest BCUT2D eigenvalue weighted by molar-refractivity contribution is -0.143. The van der Waals surface area contributed by atoms with Crippen molar-refractivity contribution in [2.75, 3.05) is 0 Å². The average molecular weight is 1150 g/mol. The van der Waals surface area contributed by atoms with Gasteiger partial charge in [0.15, 0.2) is 52.4 Å². The Morgan fingerprint density at radius 2 is 0.483 bits per heavy atom. The lowest BCUT2D eigenvalue weighted by atomic mass is 9.96. The summed E-state index contributed by atoms with van der Waals surface area (Å²) in [7, 11) is 0. The molecule has 0 aliphatic heterocycles. The molecule has 0 radical (unpaired) electrons. The van der Waals surface area contributed by atoms with Gasteiger partial charge in [0.25, 0.3) is 0 Å². The molecule has 0 aliphatic rings. The average Bonchev–Trinajstić information content (AvgIpc) is 1.64. The maximum Gasteiger partial charge on any atom is 0.416 e. The quantitative estimate of drug-likeness (QED) is 0.117. The summed E-state index contributed by atoms with van der Waals surface area (Å²) in [6, 6.07) is 74.3. The Morgan fingerprint density at radius 1 is 0.230 bits per heavy atom. The maximum absolute atomic E-state index is 14.9. The molecule has 16 heteroatoms. The van der Waals surface area contributed by atoms with E-state index in [1.54, 1.807) is 12.1 Å². The van der Waals surface area contributed by atoms with Gasteiger partial charge in [-0.1, -0.05) is 194 Å². The Labute approximate surface area is 493 Å². The van der Waals surface area contributed by atoms with Crippen molar-refractivity contribution in [3.63, 3.8) is 0 Å². The Balaban J connectivity index is 1.06. The van der Waals surface area contributed by atoms with Crippen LogP contribution in [0.1, 0.15) is 11.1 Å². The third-order valence-electron chi connectivity index (χ3n) is 14.8. The first-order valence-corrected chi connectivity index (χ1v) is 27.5. The van der Waals surface area contributed by atoms with Gasteiger partial charge in [0.1, 0.15) is 0 Å². The van der Waals surface area contributed by atoms with E-state index >= 15 is 0 Å². The first-order chi connectivity index (χ1) is 42.3. The monoisotopic (exact) mass is 1150 g/mol. The van der Waals surface area contributed by atoms with Gasteiger partial charge in [-0.15, -0.1) is 0 Å². The van der Waals surface area contributed by atoms with Crippen LogP contribution in [0.15, 0.2) is 255 Å². The largest absolute Gasteiger partial charge is 0.416 e. The summed E-state index contributed by atoms with van der Waals surface area (Å²) in [5.74, 6) is 3.23. The number of rotatable bonds is 11. The lowest BCUT2D eigenvalue weighted by Crippen LogP contribution is -2.11. The highest BCUT2D eigenvalue weighted by atomic mass is 19.4. The van der Waals surface area contributed by atoms with E-state index in [2.05, 4.69) is 0 Å². The van der Waals surface area contributed by atoms with Crippen molar-refractivity contribution in [3.05, 3.63) is 266 Å². The molecule has 0 saturated carbocycles. The third-order valence-corrected chi connectivity index (χ3v) is 14.8. The molecule has 10 aromatic carbocycles. The minimum Gasteiger partial charge on any atom is -0.309 e. The molecule has 0 bridgehead atoms. The fourth-order valence-corrected chi connectivity index (χ4v) is 10.6. The first kappa shape index (κ1) is 53.6. The molecule has 0 fully saturated rings. The summed E-state index contributed by atoms with van der Waals surface area (Å²) in [4.78, 5) is 44.9. The molecule has 418 valence electrons. The van der Waals surface area contributed by atoms with E-state index in [0.29, 0.717) is 96.2 Å². The molecule has 0 N–H and O–H groups in total. The van der Waals surface area contributed by atoms with E-state index < -0.39 is 23.5 Å².